The van der Waals surface area contributed by atoms with Gasteiger partial charge < -0.3 is 19.5 Å². The second-order valence-corrected chi connectivity index (χ2v) is 7.98. The van der Waals surface area contributed by atoms with Crippen molar-refractivity contribution in [3.63, 3.8) is 0 Å². The number of anilines is 1. The molecule has 0 bridgehead atoms. The zero-order chi connectivity index (χ0) is 20.5. The summed E-state index contributed by atoms with van der Waals surface area (Å²) in [5.41, 5.74) is 2.68. The summed E-state index contributed by atoms with van der Waals surface area (Å²) in [7, 11) is 4.18. The molecule has 0 amide bonds. The van der Waals surface area contributed by atoms with Crippen LogP contribution in [-0.4, -0.2) is 74.1 Å². The van der Waals surface area contributed by atoms with E-state index >= 15 is 0 Å². The molecule has 0 spiro atoms. The molecule has 0 saturated carbocycles. The van der Waals surface area contributed by atoms with Crippen LogP contribution < -0.4 is 10.1 Å². The number of nitrogens with zero attached hydrogens (tertiary/aromatic N) is 3. The van der Waals surface area contributed by atoms with Crippen LogP contribution in [0, 0.1) is 0 Å². The number of aldehydes is 1. The Morgan fingerprint density at radius 2 is 2.00 bits per heavy atom. The molecule has 1 aliphatic rings. The minimum Gasteiger partial charge on any atom is -0.490 e. The van der Waals surface area contributed by atoms with Crippen LogP contribution in [0.25, 0.3) is 5.69 Å². The Labute approximate surface area is 174 Å². The third-order valence-corrected chi connectivity index (χ3v) is 5.33. The summed E-state index contributed by atoms with van der Waals surface area (Å²) < 4.78 is 8.17. The molecule has 0 radical (unpaired) electrons. The average molecular weight is 399 g/mol. The van der Waals surface area contributed by atoms with Gasteiger partial charge in [-0.05, 0) is 71.2 Å². The van der Waals surface area contributed by atoms with E-state index < -0.39 is 0 Å². The van der Waals surface area contributed by atoms with Crippen LogP contribution in [0.5, 0.6) is 5.75 Å². The third kappa shape index (κ3) is 6.61. The first-order valence-electron chi connectivity index (χ1n) is 10.7. The molecule has 1 N–H and O–H groups in total. The lowest BCUT2D eigenvalue weighted by atomic mass is 10.1. The Kier molecular flexibility index (Phi) is 8.14. The van der Waals surface area contributed by atoms with Gasteiger partial charge in [-0.15, -0.1) is 0 Å². The molecule has 1 fully saturated rings. The molecular formula is C23H34N4O2. The highest BCUT2D eigenvalue weighted by atomic mass is 16.5. The van der Waals surface area contributed by atoms with Crippen molar-refractivity contribution in [3.8, 4) is 11.4 Å². The van der Waals surface area contributed by atoms with Crippen LogP contribution in [0.2, 0.25) is 0 Å². The number of rotatable bonds is 11. The molecule has 3 rings (SSSR count). The van der Waals surface area contributed by atoms with Gasteiger partial charge in [-0.25, -0.2) is 0 Å². The van der Waals surface area contributed by atoms with Crippen LogP contribution in [0.3, 0.4) is 0 Å². The lowest BCUT2D eigenvalue weighted by Gasteiger charge is -2.26. The molecular weight excluding hydrogens is 364 g/mol. The summed E-state index contributed by atoms with van der Waals surface area (Å²) in [5, 5.41) is 3.52. The highest BCUT2D eigenvalue weighted by molar-refractivity contribution is 5.74. The summed E-state index contributed by atoms with van der Waals surface area (Å²) >= 11 is 0. The molecule has 0 unspecified atom stereocenters. The van der Waals surface area contributed by atoms with E-state index in [0.29, 0.717) is 12.2 Å². The van der Waals surface area contributed by atoms with Crippen molar-refractivity contribution in [2.75, 3.05) is 58.7 Å². The SMILES string of the molecule is CN(C)CCCNc1ccc(-n2ccc(C=O)c2)cc1OCCN1CCCCC1. The number of likely N-dealkylation sites (tertiary alicyclic amines) is 1. The zero-order valence-corrected chi connectivity index (χ0v) is 17.8. The topological polar surface area (TPSA) is 49.7 Å². The first kappa shape index (κ1) is 21.4. The van der Waals surface area contributed by atoms with Gasteiger partial charge in [0.2, 0.25) is 0 Å². The number of ether oxygens (including phenoxy) is 1. The van der Waals surface area contributed by atoms with Crippen LogP contribution in [0.4, 0.5) is 5.69 Å². The first-order valence-corrected chi connectivity index (χ1v) is 10.7. The largest absolute Gasteiger partial charge is 0.490 e. The van der Waals surface area contributed by atoms with E-state index in [0.717, 1.165) is 49.5 Å². The van der Waals surface area contributed by atoms with Crippen molar-refractivity contribution in [1.29, 1.82) is 0 Å². The highest BCUT2D eigenvalue weighted by Gasteiger charge is 2.11. The van der Waals surface area contributed by atoms with Gasteiger partial charge in [0.25, 0.3) is 0 Å². The number of aromatic nitrogens is 1. The number of piperidine rings is 1. The predicted molar refractivity (Wildman–Crippen MR) is 119 cm³/mol. The fraction of sp³-hybridized carbons (Fsp3) is 0.522. The van der Waals surface area contributed by atoms with E-state index in [1.807, 2.05) is 23.0 Å². The smallest absolute Gasteiger partial charge is 0.151 e. The van der Waals surface area contributed by atoms with Crippen LogP contribution in [-0.2, 0) is 0 Å². The molecule has 158 valence electrons. The van der Waals surface area contributed by atoms with Crippen LogP contribution in [0.15, 0.2) is 36.7 Å². The van der Waals surface area contributed by atoms with Gasteiger partial charge in [-0.1, -0.05) is 6.42 Å². The number of carbonyl (C=O) groups is 1. The normalized spacial score (nSPS) is 14.9. The van der Waals surface area contributed by atoms with Crippen molar-refractivity contribution < 1.29 is 9.53 Å². The van der Waals surface area contributed by atoms with Gasteiger partial charge in [0.15, 0.2) is 6.29 Å². The Morgan fingerprint density at radius 1 is 1.17 bits per heavy atom. The standard InChI is InChI=1S/C23H34N4O2/c1-25(2)11-6-10-24-22-8-7-21(27-14-9-20(18-27)19-28)17-23(22)29-16-15-26-12-4-3-5-13-26/h7-9,14,17-19,24H,3-6,10-13,15-16H2,1-2H3. The Balaban J connectivity index is 1.66. The second-order valence-electron chi connectivity index (χ2n) is 7.98. The Bertz CT molecular complexity index is 766. The fourth-order valence-corrected chi connectivity index (χ4v) is 3.67. The molecule has 1 aromatic carbocycles. The molecule has 2 heterocycles. The molecule has 6 nitrogen and oxygen atoms in total. The molecule has 0 atom stereocenters. The Morgan fingerprint density at radius 3 is 2.72 bits per heavy atom. The number of hydrogen-bond donors (Lipinski definition) is 1. The lowest BCUT2D eigenvalue weighted by molar-refractivity contribution is 0.112. The average Bonchev–Trinajstić information content (AvgIpc) is 3.22. The quantitative estimate of drug-likeness (QED) is 0.464. The molecule has 6 heteroatoms. The van der Waals surface area contributed by atoms with E-state index in [-0.39, 0.29) is 0 Å². The maximum Gasteiger partial charge on any atom is 0.151 e. The summed E-state index contributed by atoms with van der Waals surface area (Å²) in [6.45, 7) is 5.95. The number of nitrogens with one attached hydrogen (secondary N) is 1. The van der Waals surface area contributed by atoms with E-state index in [1.54, 1.807) is 0 Å². The van der Waals surface area contributed by atoms with E-state index in [9.17, 15) is 4.79 Å². The van der Waals surface area contributed by atoms with E-state index in [2.05, 4.69) is 47.4 Å². The van der Waals surface area contributed by atoms with Crippen molar-refractivity contribution in [1.82, 2.24) is 14.4 Å². The van der Waals surface area contributed by atoms with Crippen molar-refractivity contribution in [3.05, 3.63) is 42.2 Å². The third-order valence-electron chi connectivity index (χ3n) is 5.33. The number of hydrogen-bond acceptors (Lipinski definition) is 5. The maximum absolute atomic E-state index is 11.0. The van der Waals surface area contributed by atoms with Gasteiger partial charge in [-0.2, -0.15) is 0 Å². The van der Waals surface area contributed by atoms with Crippen molar-refractivity contribution >= 4 is 12.0 Å². The molecule has 1 aliphatic heterocycles. The highest BCUT2D eigenvalue weighted by Crippen LogP contribution is 2.28. The lowest BCUT2D eigenvalue weighted by Crippen LogP contribution is -2.33. The zero-order valence-electron chi connectivity index (χ0n) is 17.8. The summed E-state index contributed by atoms with van der Waals surface area (Å²) in [6, 6.07) is 8.00. The summed E-state index contributed by atoms with van der Waals surface area (Å²) in [5.74, 6) is 0.866. The molecule has 1 saturated heterocycles. The number of carbonyl (C=O) groups excluding carboxylic acids is 1. The fourth-order valence-electron chi connectivity index (χ4n) is 3.67. The van der Waals surface area contributed by atoms with Crippen molar-refractivity contribution in [2.45, 2.75) is 25.7 Å². The monoisotopic (exact) mass is 398 g/mol. The molecule has 2 aromatic rings. The molecule has 0 aliphatic carbocycles. The van der Waals surface area contributed by atoms with Crippen LogP contribution in [0.1, 0.15) is 36.0 Å². The van der Waals surface area contributed by atoms with Crippen molar-refractivity contribution in [2.24, 2.45) is 0 Å². The Hall–Kier alpha value is -2.31. The van der Waals surface area contributed by atoms with Gasteiger partial charge >= 0.3 is 0 Å². The van der Waals surface area contributed by atoms with Gasteiger partial charge in [0.05, 0.1) is 5.69 Å². The second kappa shape index (κ2) is 11.0. The summed E-state index contributed by atoms with van der Waals surface area (Å²) in [6.07, 6.45) is 9.61. The number of benzene rings is 1. The minimum atomic E-state index is 0.670. The molecule has 1 aromatic heterocycles. The van der Waals surface area contributed by atoms with Crippen LogP contribution >= 0.6 is 0 Å². The van der Waals surface area contributed by atoms with E-state index in [1.165, 1.54) is 32.4 Å². The van der Waals surface area contributed by atoms with Gasteiger partial charge in [0, 0.05) is 42.8 Å². The van der Waals surface area contributed by atoms with E-state index in [4.69, 9.17) is 4.74 Å². The predicted octanol–water partition coefficient (Wildman–Crippen LogP) is 3.52. The summed E-state index contributed by atoms with van der Waals surface area (Å²) in [4.78, 5) is 15.7. The minimum absolute atomic E-state index is 0.670. The molecule has 29 heavy (non-hydrogen) atoms. The maximum atomic E-state index is 11.0. The van der Waals surface area contributed by atoms with Gasteiger partial charge in [-0.3, -0.25) is 9.69 Å². The first-order chi connectivity index (χ1) is 14.2. The van der Waals surface area contributed by atoms with Gasteiger partial charge in [0.1, 0.15) is 12.4 Å².